The first kappa shape index (κ1) is 17.4. The molecule has 0 amide bonds. The predicted octanol–water partition coefficient (Wildman–Crippen LogP) is 0.143. The zero-order valence-corrected chi connectivity index (χ0v) is 14.2. The summed E-state index contributed by atoms with van der Waals surface area (Å²) in [6, 6.07) is 5.11. The molecule has 1 aliphatic carbocycles. The summed E-state index contributed by atoms with van der Waals surface area (Å²) in [5, 5.41) is 0. The lowest BCUT2D eigenvalue weighted by Crippen LogP contribution is -2.45. The van der Waals surface area contributed by atoms with Crippen LogP contribution in [0.3, 0.4) is 0 Å². The second kappa shape index (κ2) is 5.89. The third-order valence-corrected chi connectivity index (χ3v) is 6.01. The number of nitrogens with one attached hydrogen (secondary N) is 2. The molecule has 1 aromatic rings. The second-order valence-electron chi connectivity index (χ2n) is 6.18. The maximum absolute atomic E-state index is 12.1. The Balaban J connectivity index is 2.14. The number of hydrogen-bond donors (Lipinski definition) is 3. The zero-order chi connectivity index (χ0) is 16.6. The molecule has 0 atom stereocenters. The van der Waals surface area contributed by atoms with Crippen molar-refractivity contribution >= 4 is 20.0 Å². The van der Waals surface area contributed by atoms with Crippen LogP contribution in [0, 0.1) is 0 Å². The molecule has 1 fully saturated rings. The molecule has 0 radical (unpaired) electrons. The molecule has 0 saturated heterocycles. The predicted molar refractivity (Wildman–Crippen MR) is 83.2 cm³/mol. The Kier molecular flexibility index (Phi) is 4.65. The van der Waals surface area contributed by atoms with Crippen LogP contribution in [-0.4, -0.2) is 35.0 Å². The van der Waals surface area contributed by atoms with E-state index in [0.717, 1.165) is 12.8 Å². The van der Waals surface area contributed by atoms with Gasteiger partial charge in [0.15, 0.2) is 0 Å². The molecule has 0 aromatic heterocycles. The molecule has 7 nitrogen and oxygen atoms in total. The fourth-order valence-corrected chi connectivity index (χ4v) is 4.18. The number of sulfonamides is 2. The summed E-state index contributed by atoms with van der Waals surface area (Å²) in [5.41, 5.74) is 5.06. The van der Waals surface area contributed by atoms with Crippen molar-refractivity contribution in [2.75, 3.05) is 6.54 Å². The average Bonchev–Trinajstić information content (AvgIpc) is 3.19. The summed E-state index contributed by atoms with van der Waals surface area (Å²) >= 11 is 0. The lowest BCUT2D eigenvalue weighted by atomic mass is 10.1. The average molecular weight is 347 g/mol. The molecule has 2 rings (SSSR count). The van der Waals surface area contributed by atoms with Crippen molar-refractivity contribution in [1.82, 2.24) is 9.44 Å². The third kappa shape index (κ3) is 4.75. The standard InChI is InChI=1S/C13H21N3O4S2/c1-13(2,14)9-15-21(17,18)11-5-7-12(8-6-11)22(19,20)16-10-3-4-10/h5-8,10,15-16H,3-4,9,14H2,1-2H3. The van der Waals surface area contributed by atoms with E-state index in [-0.39, 0.29) is 22.4 Å². The SMILES string of the molecule is CC(C)(N)CNS(=O)(=O)c1ccc(S(=O)(=O)NC2CC2)cc1. The van der Waals surface area contributed by atoms with Gasteiger partial charge < -0.3 is 5.73 Å². The Morgan fingerprint density at radius 2 is 1.50 bits per heavy atom. The van der Waals surface area contributed by atoms with Gasteiger partial charge in [-0.3, -0.25) is 0 Å². The van der Waals surface area contributed by atoms with E-state index in [1.54, 1.807) is 13.8 Å². The first-order chi connectivity index (χ1) is 10.00. The normalized spacial score (nSPS) is 16.7. The molecule has 1 aliphatic rings. The van der Waals surface area contributed by atoms with E-state index < -0.39 is 25.6 Å². The summed E-state index contributed by atoms with van der Waals surface area (Å²) in [6.07, 6.45) is 1.68. The summed E-state index contributed by atoms with van der Waals surface area (Å²) in [7, 11) is -7.29. The Labute approximate surface area is 131 Å². The van der Waals surface area contributed by atoms with Gasteiger partial charge in [-0.1, -0.05) is 0 Å². The van der Waals surface area contributed by atoms with Crippen LogP contribution in [0.25, 0.3) is 0 Å². The van der Waals surface area contributed by atoms with E-state index in [2.05, 4.69) is 9.44 Å². The minimum Gasteiger partial charge on any atom is -0.324 e. The number of hydrogen-bond acceptors (Lipinski definition) is 5. The second-order valence-corrected chi connectivity index (χ2v) is 9.66. The van der Waals surface area contributed by atoms with Crippen LogP contribution in [0.2, 0.25) is 0 Å². The molecule has 124 valence electrons. The van der Waals surface area contributed by atoms with Crippen LogP contribution in [0.5, 0.6) is 0 Å². The third-order valence-electron chi connectivity index (χ3n) is 3.06. The molecule has 0 spiro atoms. The van der Waals surface area contributed by atoms with Crippen molar-refractivity contribution < 1.29 is 16.8 Å². The summed E-state index contributed by atoms with van der Waals surface area (Å²) in [6.45, 7) is 3.49. The van der Waals surface area contributed by atoms with Gasteiger partial charge in [0.05, 0.1) is 9.79 Å². The Morgan fingerprint density at radius 3 is 1.91 bits per heavy atom. The van der Waals surface area contributed by atoms with Gasteiger partial charge in [0, 0.05) is 18.1 Å². The topological polar surface area (TPSA) is 118 Å². The van der Waals surface area contributed by atoms with Crippen molar-refractivity contribution in [1.29, 1.82) is 0 Å². The summed E-state index contributed by atoms with van der Waals surface area (Å²) in [5.74, 6) is 0. The molecule has 1 saturated carbocycles. The van der Waals surface area contributed by atoms with Gasteiger partial charge >= 0.3 is 0 Å². The van der Waals surface area contributed by atoms with Gasteiger partial charge in [0.1, 0.15) is 0 Å². The highest BCUT2D eigenvalue weighted by Crippen LogP contribution is 2.22. The van der Waals surface area contributed by atoms with Gasteiger partial charge in [0.25, 0.3) is 0 Å². The van der Waals surface area contributed by atoms with E-state index in [0.29, 0.717) is 0 Å². The van der Waals surface area contributed by atoms with Gasteiger partial charge in [0.2, 0.25) is 20.0 Å². The number of nitrogens with two attached hydrogens (primary N) is 1. The van der Waals surface area contributed by atoms with E-state index in [1.165, 1.54) is 24.3 Å². The Bertz CT molecular complexity index is 730. The van der Waals surface area contributed by atoms with E-state index in [1.807, 2.05) is 0 Å². The monoisotopic (exact) mass is 347 g/mol. The maximum Gasteiger partial charge on any atom is 0.240 e. The lowest BCUT2D eigenvalue weighted by Gasteiger charge is -2.19. The Morgan fingerprint density at radius 1 is 1.05 bits per heavy atom. The number of rotatable bonds is 7. The highest BCUT2D eigenvalue weighted by molar-refractivity contribution is 7.90. The molecule has 4 N–H and O–H groups in total. The van der Waals surface area contributed by atoms with Crippen molar-refractivity contribution in [2.24, 2.45) is 5.73 Å². The molecule has 0 unspecified atom stereocenters. The highest BCUT2D eigenvalue weighted by Gasteiger charge is 2.28. The fourth-order valence-electron chi connectivity index (χ4n) is 1.65. The first-order valence-corrected chi connectivity index (χ1v) is 9.87. The van der Waals surface area contributed by atoms with Crippen molar-refractivity contribution in [2.45, 2.75) is 48.1 Å². The Hall–Kier alpha value is -1.00. The lowest BCUT2D eigenvalue weighted by molar-refractivity contribution is 0.498. The minimum atomic E-state index is -3.71. The highest BCUT2D eigenvalue weighted by atomic mass is 32.2. The van der Waals surface area contributed by atoms with Gasteiger partial charge in [-0.2, -0.15) is 0 Å². The van der Waals surface area contributed by atoms with Crippen LogP contribution in [0.1, 0.15) is 26.7 Å². The molecular formula is C13H21N3O4S2. The van der Waals surface area contributed by atoms with Crippen LogP contribution in [0.4, 0.5) is 0 Å². The number of benzene rings is 1. The van der Waals surface area contributed by atoms with Crippen LogP contribution >= 0.6 is 0 Å². The van der Waals surface area contributed by atoms with Crippen LogP contribution in [-0.2, 0) is 20.0 Å². The van der Waals surface area contributed by atoms with Gasteiger partial charge in [-0.25, -0.2) is 26.3 Å². The first-order valence-electron chi connectivity index (χ1n) is 6.91. The largest absolute Gasteiger partial charge is 0.324 e. The summed E-state index contributed by atoms with van der Waals surface area (Å²) in [4.78, 5) is 0.0552. The van der Waals surface area contributed by atoms with Crippen molar-refractivity contribution in [3.05, 3.63) is 24.3 Å². The molecular weight excluding hydrogens is 326 g/mol. The van der Waals surface area contributed by atoms with Crippen LogP contribution in [0.15, 0.2) is 34.1 Å². The molecule has 1 aromatic carbocycles. The van der Waals surface area contributed by atoms with Gasteiger partial charge in [-0.05, 0) is 51.0 Å². The van der Waals surface area contributed by atoms with E-state index >= 15 is 0 Å². The molecule has 9 heteroatoms. The van der Waals surface area contributed by atoms with Crippen molar-refractivity contribution in [3.63, 3.8) is 0 Å². The minimum absolute atomic E-state index is 0.00172. The van der Waals surface area contributed by atoms with E-state index in [4.69, 9.17) is 5.73 Å². The fraction of sp³-hybridized carbons (Fsp3) is 0.538. The molecule has 22 heavy (non-hydrogen) atoms. The molecule has 0 heterocycles. The maximum atomic E-state index is 12.1. The van der Waals surface area contributed by atoms with E-state index in [9.17, 15) is 16.8 Å². The molecule has 0 aliphatic heterocycles. The molecule has 0 bridgehead atoms. The van der Waals surface area contributed by atoms with Gasteiger partial charge in [-0.15, -0.1) is 0 Å². The van der Waals surface area contributed by atoms with Crippen molar-refractivity contribution in [3.8, 4) is 0 Å². The van der Waals surface area contributed by atoms with Crippen LogP contribution < -0.4 is 15.2 Å². The smallest absolute Gasteiger partial charge is 0.240 e. The quantitative estimate of drug-likeness (QED) is 0.648. The summed E-state index contributed by atoms with van der Waals surface area (Å²) < 4.78 is 53.1. The zero-order valence-electron chi connectivity index (χ0n) is 12.5.